The number of pyridine rings is 1. The summed E-state index contributed by atoms with van der Waals surface area (Å²) in [5.74, 6) is 0. The molecule has 2 N–H and O–H groups in total. The van der Waals surface area contributed by atoms with E-state index in [0.717, 1.165) is 28.8 Å². The average Bonchev–Trinajstić information content (AvgIpc) is 2.48. The summed E-state index contributed by atoms with van der Waals surface area (Å²) in [5, 5.41) is 1.01. The topological polar surface area (TPSA) is 42.1 Å². The zero-order valence-electron chi connectivity index (χ0n) is 12.4. The van der Waals surface area contributed by atoms with Crippen LogP contribution in [0.2, 0.25) is 0 Å². The molecule has 0 aliphatic rings. The van der Waals surface area contributed by atoms with Crippen LogP contribution in [0.15, 0.2) is 54.7 Å². The first-order valence-corrected chi connectivity index (χ1v) is 7.05. The van der Waals surface area contributed by atoms with E-state index in [-0.39, 0.29) is 0 Å². The number of hydrogen-bond donors (Lipinski definition) is 1. The highest BCUT2D eigenvalue weighted by atomic mass is 15.1. The Balaban J connectivity index is 1.98. The molecule has 0 fully saturated rings. The minimum absolute atomic E-state index is 0.769. The van der Waals surface area contributed by atoms with Crippen LogP contribution in [0.3, 0.4) is 0 Å². The highest BCUT2D eigenvalue weighted by molar-refractivity contribution is 5.98. The molecular weight excluding hydrogens is 258 g/mol. The third-order valence-corrected chi connectivity index (χ3v) is 3.70. The van der Waals surface area contributed by atoms with Gasteiger partial charge in [0.2, 0.25) is 0 Å². The van der Waals surface area contributed by atoms with E-state index < -0.39 is 0 Å². The summed E-state index contributed by atoms with van der Waals surface area (Å²) in [6.45, 7) is 2.96. The molecule has 106 valence electrons. The van der Waals surface area contributed by atoms with E-state index >= 15 is 0 Å². The number of aromatic nitrogens is 1. The standard InChI is InChI=1S/C18H19N3/c1-13-5-3-6-14(11-13)12-21(2)17-9-8-16(19)15-7-4-10-20-18(15)17/h3-11H,12,19H2,1-2H3. The Kier molecular flexibility index (Phi) is 3.48. The molecular formula is C18H19N3. The van der Waals surface area contributed by atoms with Crippen molar-refractivity contribution in [2.45, 2.75) is 13.5 Å². The number of nitrogens with zero attached hydrogens (tertiary/aromatic N) is 2. The minimum Gasteiger partial charge on any atom is -0.398 e. The van der Waals surface area contributed by atoms with Gasteiger partial charge >= 0.3 is 0 Å². The Morgan fingerprint density at radius 1 is 1.10 bits per heavy atom. The molecule has 0 radical (unpaired) electrons. The Morgan fingerprint density at radius 2 is 1.95 bits per heavy atom. The highest BCUT2D eigenvalue weighted by Gasteiger charge is 2.09. The molecule has 1 heterocycles. The van der Waals surface area contributed by atoms with Crippen LogP contribution in [-0.4, -0.2) is 12.0 Å². The second kappa shape index (κ2) is 5.44. The largest absolute Gasteiger partial charge is 0.398 e. The Hall–Kier alpha value is -2.55. The van der Waals surface area contributed by atoms with Crippen molar-refractivity contribution in [3.8, 4) is 0 Å². The van der Waals surface area contributed by atoms with E-state index in [9.17, 15) is 0 Å². The second-order valence-electron chi connectivity index (χ2n) is 5.42. The number of rotatable bonds is 3. The fourth-order valence-corrected chi connectivity index (χ4v) is 2.66. The van der Waals surface area contributed by atoms with Crippen molar-refractivity contribution in [2.75, 3.05) is 17.7 Å². The molecule has 3 rings (SSSR count). The van der Waals surface area contributed by atoms with Crippen LogP contribution in [0, 0.1) is 6.92 Å². The van der Waals surface area contributed by atoms with Gasteiger partial charge in [-0.15, -0.1) is 0 Å². The van der Waals surface area contributed by atoms with Gasteiger partial charge in [-0.3, -0.25) is 4.98 Å². The molecule has 0 spiro atoms. The average molecular weight is 277 g/mol. The van der Waals surface area contributed by atoms with Crippen molar-refractivity contribution in [2.24, 2.45) is 0 Å². The fraction of sp³-hybridized carbons (Fsp3) is 0.167. The van der Waals surface area contributed by atoms with Gasteiger partial charge in [-0.05, 0) is 36.8 Å². The van der Waals surface area contributed by atoms with Crippen molar-refractivity contribution in [1.82, 2.24) is 4.98 Å². The minimum atomic E-state index is 0.769. The molecule has 0 unspecified atom stereocenters. The van der Waals surface area contributed by atoms with Crippen molar-refractivity contribution in [3.63, 3.8) is 0 Å². The predicted molar refractivity (Wildman–Crippen MR) is 89.4 cm³/mol. The molecule has 0 saturated heterocycles. The Bertz CT molecular complexity index is 780. The smallest absolute Gasteiger partial charge is 0.0955 e. The Morgan fingerprint density at radius 3 is 2.76 bits per heavy atom. The summed E-state index contributed by atoms with van der Waals surface area (Å²) in [7, 11) is 2.09. The summed E-state index contributed by atoms with van der Waals surface area (Å²) >= 11 is 0. The van der Waals surface area contributed by atoms with Gasteiger partial charge in [0.05, 0.1) is 11.2 Å². The van der Waals surface area contributed by atoms with Crippen molar-refractivity contribution in [1.29, 1.82) is 0 Å². The van der Waals surface area contributed by atoms with E-state index in [1.165, 1.54) is 11.1 Å². The van der Waals surface area contributed by atoms with Crippen LogP contribution in [0.5, 0.6) is 0 Å². The van der Waals surface area contributed by atoms with Gasteiger partial charge in [0.15, 0.2) is 0 Å². The van der Waals surface area contributed by atoms with E-state index in [2.05, 4.69) is 48.1 Å². The van der Waals surface area contributed by atoms with Crippen LogP contribution >= 0.6 is 0 Å². The van der Waals surface area contributed by atoms with Crippen LogP contribution in [0.4, 0.5) is 11.4 Å². The third kappa shape index (κ3) is 2.68. The Labute approximate surface area is 125 Å². The fourth-order valence-electron chi connectivity index (χ4n) is 2.66. The van der Waals surface area contributed by atoms with Gasteiger partial charge in [-0.1, -0.05) is 29.8 Å². The maximum atomic E-state index is 6.04. The number of hydrogen-bond acceptors (Lipinski definition) is 3. The number of fused-ring (bicyclic) bond motifs is 1. The first-order valence-electron chi connectivity index (χ1n) is 7.05. The van der Waals surface area contributed by atoms with Crippen molar-refractivity contribution in [3.05, 3.63) is 65.9 Å². The highest BCUT2D eigenvalue weighted by Crippen LogP contribution is 2.29. The van der Waals surface area contributed by atoms with Crippen molar-refractivity contribution >= 4 is 22.3 Å². The van der Waals surface area contributed by atoms with Crippen molar-refractivity contribution < 1.29 is 0 Å². The molecule has 0 saturated carbocycles. The quantitative estimate of drug-likeness (QED) is 0.741. The van der Waals surface area contributed by atoms with Crippen LogP contribution in [0.25, 0.3) is 10.9 Å². The summed E-state index contributed by atoms with van der Waals surface area (Å²) in [5.41, 5.74) is 11.4. The third-order valence-electron chi connectivity index (χ3n) is 3.70. The maximum Gasteiger partial charge on any atom is 0.0955 e. The zero-order chi connectivity index (χ0) is 14.8. The van der Waals surface area contributed by atoms with E-state index in [0.29, 0.717) is 0 Å². The maximum absolute atomic E-state index is 6.04. The molecule has 0 aliphatic carbocycles. The zero-order valence-corrected chi connectivity index (χ0v) is 12.4. The van der Waals surface area contributed by atoms with E-state index in [4.69, 9.17) is 5.73 Å². The predicted octanol–water partition coefficient (Wildman–Crippen LogP) is 3.76. The second-order valence-corrected chi connectivity index (χ2v) is 5.42. The molecule has 3 aromatic rings. The van der Waals surface area contributed by atoms with E-state index in [1.807, 2.05) is 30.5 Å². The molecule has 1 aromatic heterocycles. The lowest BCUT2D eigenvalue weighted by molar-refractivity contribution is 0.924. The molecule has 0 aliphatic heterocycles. The van der Waals surface area contributed by atoms with Crippen LogP contribution in [0.1, 0.15) is 11.1 Å². The molecule has 0 amide bonds. The number of nitrogens with two attached hydrogens (primary N) is 1. The summed E-state index contributed by atoms with van der Waals surface area (Å²) < 4.78 is 0. The lowest BCUT2D eigenvalue weighted by Gasteiger charge is -2.21. The van der Waals surface area contributed by atoms with Gasteiger partial charge in [0.1, 0.15) is 0 Å². The first kappa shape index (κ1) is 13.4. The number of aryl methyl sites for hydroxylation is 1. The number of anilines is 2. The molecule has 21 heavy (non-hydrogen) atoms. The van der Waals surface area contributed by atoms with Gasteiger partial charge in [-0.25, -0.2) is 0 Å². The molecule has 0 bridgehead atoms. The molecule has 2 aromatic carbocycles. The molecule has 3 heteroatoms. The summed E-state index contributed by atoms with van der Waals surface area (Å²) in [6.07, 6.45) is 1.81. The first-order chi connectivity index (χ1) is 10.1. The van der Waals surface area contributed by atoms with Gasteiger partial charge < -0.3 is 10.6 Å². The number of nitrogen functional groups attached to an aromatic ring is 1. The van der Waals surface area contributed by atoms with Gasteiger partial charge in [-0.2, -0.15) is 0 Å². The summed E-state index contributed by atoms with van der Waals surface area (Å²) in [6, 6.07) is 16.5. The lowest BCUT2D eigenvalue weighted by atomic mass is 10.1. The summed E-state index contributed by atoms with van der Waals surface area (Å²) in [4.78, 5) is 6.71. The monoisotopic (exact) mass is 277 g/mol. The van der Waals surface area contributed by atoms with Gasteiger partial charge in [0.25, 0.3) is 0 Å². The molecule has 0 atom stereocenters. The van der Waals surface area contributed by atoms with E-state index in [1.54, 1.807) is 0 Å². The lowest BCUT2D eigenvalue weighted by Crippen LogP contribution is -2.17. The number of benzene rings is 2. The van der Waals surface area contributed by atoms with Crippen LogP contribution < -0.4 is 10.6 Å². The SMILES string of the molecule is Cc1cccc(CN(C)c2ccc(N)c3cccnc23)c1. The normalized spacial score (nSPS) is 10.8. The van der Waals surface area contributed by atoms with Gasteiger partial charge in [0, 0.05) is 30.9 Å². The van der Waals surface area contributed by atoms with Crippen LogP contribution in [-0.2, 0) is 6.54 Å². The molecule has 3 nitrogen and oxygen atoms in total.